The number of rotatable bonds is 6. The number of carboxylic acids is 1. The van der Waals surface area contributed by atoms with Crippen LogP contribution in [0.4, 0.5) is 11.4 Å². The average Bonchev–Trinajstić information content (AvgIpc) is 2.62. The monoisotopic (exact) mass is 389 g/mol. The number of nitrogens with one attached hydrogen (secondary N) is 1. The third kappa shape index (κ3) is 4.99. The van der Waals surface area contributed by atoms with E-state index in [1.807, 2.05) is 13.1 Å². The summed E-state index contributed by atoms with van der Waals surface area (Å²) in [6, 6.07) is 13.6. The van der Waals surface area contributed by atoms with E-state index in [2.05, 4.69) is 14.5 Å². The van der Waals surface area contributed by atoms with E-state index in [0.717, 1.165) is 31.9 Å². The molecule has 27 heavy (non-hydrogen) atoms. The summed E-state index contributed by atoms with van der Waals surface area (Å²) in [5.41, 5.74) is 1.45. The molecule has 3 rings (SSSR count). The Hall–Kier alpha value is -2.58. The molecule has 0 radical (unpaired) electrons. The molecule has 8 heteroatoms. The van der Waals surface area contributed by atoms with Crippen molar-refractivity contribution >= 4 is 27.4 Å². The predicted molar refractivity (Wildman–Crippen MR) is 106 cm³/mol. The van der Waals surface area contributed by atoms with E-state index in [-0.39, 0.29) is 17.0 Å². The minimum Gasteiger partial charge on any atom is -0.478 e. The Morgan fingerprint density at radius 2 is 1.74 bits per heavy atom. The molecule has 1 aliphatic rings. The Balaban J connectivity index is 1.81. The van der Waals surface area contributed by atoms with Gasteiger partial charge in [-0.25, -0.2) is 13.2 Å². The number of carbonyl (C=O) groups is 1. The SMILES string of the molecule is CN1CCN(c2ccc(NS(=O)(=O)Cc3ccccc3)c(C(=O)O)c2)CC1. The Bertz CT molecular complexity index is 908. The number of hydrogen-bond acceptors (Lipinski definition) is 5. The van der Waals surface area contributed by atoms with Gasteiger partial charge in [-0.3, -0.25) is 4.72 Å². The first-order valence-electron chi connectivity index (χ1n) is 8.69. The average molecular weight is 389 g/mol. The lowest BCUT2D eigenvalue weighted by Gasteiger charge is -2.34. The quantitative estimate of drug-likeness (QED) is 0.786. The Morgan fingerprint density at radius 1 is 1.07 bits per heavy atom. The molecule has 0 unspecified atom stereocenters. The second kappa shape index (κ2) is 7.98. The third-order valence-electron chi connectivity index (χ3n) is 4.57. The Kier molecular flexibility index (Phi) is 5.67. The summed E-state index contributed by atoms with van der Waals surface area (Å²) in [6.07, 6.45) is 0. The van der Waals surface area contributed by atoms with Crippen LogP contribution in [0.25, 0.3) is 0 Å². The molecule has 2 N–H and O–H groups in total. The summed E-state index contributed by atoms with van der Waals surface area (Å²) in [6.45, 7) is 3.39. The Labute approximate surface area is 159 Å². The highest BCUT2D eigenvalue weighted by Crippen LogP contribution is 2.26. The van der Waals surface area contributed by atoms with Crippen molar-refractivity contribution in [2.75, 3.05) is 42.8 Å². The van der Waals surface area contributed by atoms with Gasteiger partial charge in [0.15, 0.2) is 0 Å². The van der Waals surface area contributed by atoms with Crippen LogP contribution in [-0.4, -0.2) is 57.6 Å². The van der Waals surface area contributed by atoms with E-state index in [9.17, 15) is 18.3 Å². The molecule has 1 saturated heterocycles. The predicted octanol–water partition coefficient (Wildman–Crippen LogP) is 2.08. The highest BCUT2D eigenvalue weighted by molar-refractivity contribution is 7.91. The molecule has 0 spiro atoms. The highest BCUT2D eigenvalue weighted by atomic mass is 32.2. The van der Waals surface area contributed by atoms with Gasteiger partial charge >= 0.3 is 5.97 Å². The summed E-state index contributed by atoms with van der Waals surface area (Å²) in [5, 5.41) is 9.56. The van der Waals surface area contributed by atoms with Gasteiger partial charge in [-0.15, -0.1) is 0 Å². The molecule has 1 aliphatic heterocycles. The second-order valence-corrected chi connectivity index (χ2v) is 8.39. The molecule has 0 aromatic heterocycles. The molecule has 0 amide bonds. The molecule has 7 nitrogen and oxygen atoms in total. The summed E-state index contributed by atoms with van der Waals surface area (Å²) in [7, 11) is -1.68. The number of anilines is 2. The number of aromatic carboxylic acids is 1. The lowest BCUT2D eigenvalue weighted by molar-refractivity contribution is 0.0698. The van der Waals surface area contributed by atoms with Gasteiger partial charge in [-0.05, 0) is 30.8 Å². The van der Waals surface area contributed by atoms with E-state index < -0.39 is 16.0 Å². The van der Waals surface area contributed by atoms with Crippen molar-refractivity contribution in [2.45, 2.75) is 5.75 Å². The topological polar surface area (TPSA) is 90.0 Å². The molecular formula is C19H23N3O4S. The van der Waals surface area contributed by atoms with Crippen LogP contribution < -0.4 is 9.62 Å². The molecule has 0 bridgehead atoms. The zero-order valence-corrected chi connectivity index (χ0v) is 15.9. The van der Waals surface area contributed by atoms with Crippen LogP contribution in [0.5, 0.6) is 0 Å². The number of piperazine rings is 1. The van der Waals surface area contributed by atoms with Gasteiger partial charge < -0.3 is 14.9 Å². The maximum absolute atomic E-state index is 12.4. The van der Waals surface area contributed by atoms with Gasteiger partial charge in [0.25, 0.3) is 0 Å². The number of nitrogens with zero attached hydrogens (tertiary/aromatic N) is 2. The third-order valence-corrected chi connectivity index (χ3v) is 5.81. The fourth-order valence-corrected chi connectivity index (χ4v) is 4.27. The number of benzene rings is 2. The van der Waals surface area contributed by atoms with Crippen molar-refractivity contribution in [2.24, 2.45) is 0 Å². The van der Waals surface area contributed by atoms with Crippen molar-refractivity contribution in [1.29, 1.82) is 0 Å². The molecule has 0 saturated carbocycles. The van der Waals surface area contributed by atoms with Crippen molar-refractivity contribution < 1.29 is 18.3 Å². The van der Waals surface area contributed by atoms with Gasteiger partial charge in [0, 0.05) is 31.9 Å². The summed E-state index contributed by atoms with van der Waals surface area (Å²) < 4.78 is 27.3. The van der Waals surface area contributed by atoms with E-state index in [0.29, 0.717) is 5.56 Å². The fourth-order valence-electron chi connectivity index (χ4n) is 3.06. The standard InChI is InChI=1S/C19H23N3O4S/c1-21-9-11-22(12-10-21)16-7-8-18(17(13-16)19(23)24)20-27(25,26)14-15-5-3-2-4-6-15/h2-8,13,20H,9-12,14H2,1H3,(H,23,24). The van der Waals surface area contributed by atoms with Crippen molar-refractivity contribution in [3.8, 4) is 0 Å². The van der Waals surface area contributed by atoms with Crippen molar-refractivity contribution in [1.82, 2.24) is 4.90 Å². The molecular weight excluding hydrogens is 366 g/mol. The first kappa shape index (κ1) is 19.2. The zero-order valence-electron chi connectivity index (χ0n) is 15.1. The van der Waals surface area contributed by atoms with Crippen LogP contribution in [0, 0.1) is 0 Å². The lowest BCUT2D eigenvalue weighted by atomic mass is 10.1. The Morgan fingerprint density at radius 3 is 2.37 bits per heavy atom. The van der Waals surface area contributed by atoms with Gasteiger partial charge in [0.05, 0.1) is 17.0 Å². The van der Waals surface area contributed by atoms with Crippen LogP contribution in [0.1, 0.15) is 15.9 Å². The number of hydrogen-bond donors (Lipinski definition) is 2. The van der Waals surface area contributed by atoms with Gasteiger partial charge in [-0.1, -0.05) is 30.3 Å². The summed E-state index contributed by atoms with van der Waals surface area (Å²) in [5.74, 6) is -1.38. The normalized spacial score (nSPS) is 15.5. The van der Waals surface area contributed by atoms with Gasteiger partial charge in [0.1, 0.15) is 0 Å². The van der Waals surface area contributed by atoms with Crippen molar-refractivity contribution in [3.05, 3.63) is 59.7 Å². The largest absolute Gasteiger partial charge is 0.478 e. The number of carboxylic acid groups (broad SMARTS) is 1. The maximum Gasteiger partial charge on any atom is 0.337 e. The van der Waals surface area contributed by atoms with Crippen LogP contribution in [0.15, 0.2) is 48.5 Å². The zero-order chi connectivity index (χ0) is 19.4. The maximum atomic E-state index is 12.4. The molecule has 0 aliphatic carbocycles. The first-order chi connectivity index (χ1) is 12.8. The van der Waals surface area contributed by atoms with Gasteiger partial charge in [0.2, 0.25) is 10.0 Å². The van der Waals surface area contributed by atoms with Gasteiger partial charge in [-0.2, -0.15) is 0 Å². The number of likely N-dealkylation sites (N-methyl/N-ethyl adjacent to an activating group) is 1. The van der Waals surface area contributed by atoms with E-state index in [1.165, 1.54) is 12.1 Å². The van der Waals surface area contributed by atoms with E-state index >= 15 is 0 Å². The van der Waals surface area contributed by atoms with E-state index in [1.54, 1.807) is 30.3 Å². The second-order valence-electron chi connectivity index (χ2n) is 6.67. The molecule has 2 aromatic carbocycles. The summed E-state index contributed by atoms with van der Waals surface area (Å²) >= 11 is 0. The summed E-state index contributed by atoms with van der Waals surface area (Å²) in [4.78, 5) is 16.0. The van der Waals surface area contributed by atoms with Crippen molar-refractivity contribution in [3.63, 3.8) is 0 Å². The smallest absolute Gasteiger partial charge is 0.337 e. The molecule has 1 fully saturated rings. The molecule has 1 heterocycles. The lowest BCUT2D eigenvalue weighted by Crippen LogP contribution is -2.44. The number of sulfonamides is 1. The highest BCUT2D eigenvalue weighted by Gasteiger charge is 2.20. The minimum atomic E-state index is -3.72. The molecule has 0 atom stereocenters. The molecule has 144 valence electrons. The van der Waals surface area contributed by atoms with Crippen LogP contribution in [0.3, 0.4) is 0 Å². The first-order valence-corrected chi connectivity index (χ1v) is 10.3. The molecule has 2 aromatic rings. The fraction of sp³-hybridized carbons (Fsp3) is 0.316. The van der Waals surface area contributed by atoms with Crippen LogP contribution in [0.2, 0.25) is 0 Å². The minimum absolute atomic E-state index is 0.0527. The van der Waals surface area contributed by atoms with E-state index in [4.69, 9.17) is 0 Å². The van der Waals surface area contributed by atoms with Crippen LogP contribution in [-0.2, 0) is 15.8 Å². The van der Waals surface area contributed by atoms with Crippen LogP contribution >= 0.6 is 0 Å².